The Kier molecular flexibility index (Phi) is 6.58. The van der Waals surface area contributed by atoms with Gasteiger partial charge in [0.05, 0.1) is 13.7 Å². The molecule has 6 heteroatoms. The lowest BCUT2D eigenvalue weighted by molar-refractivity contribution is 0.0976. The second kappa shape index (κ2) is 9.50. The Bertz CT molecular complexity index is 1020. The van der Waals surface area contributed by atoms with E-state index < -0.39 is 0 Å². The smallest absolute Gasteiger partial charge is 0.258 e. The van der Waals surface area contributed by atoms with Gasteiger partial charge in [-0.15, -0.1) is 0 Å². The molecule has 1 heterocycles. The molecule has 0 unspecified atom stereocenters. The van der Waals surface area contributed by atoms with Crippen LogP contribution in [0.1, 0.15) is 27.0 Å². The molecule has 3 rings (SSSR count). The third kappa shape index (κ3) is 5.65. The molecule has 29 heavy (non-hydrogen) atoms. The Balaban J connectivity index is 1.82. The number of hydrogen-bond donors (Lipinski definition) is 2. The third-order valence-corrected chi connectivity index (χ3v) is 4.50. The van der Waals surface area contributed by atoms with Crippen molar-refractivity contribution < 1.29 is 9.53 Å². The van der Waals surface area contributed by atoms with Crippen molar-refractivity contribution in [2.45, 2.75) is 20.4 Å². The fraction of sp³-hybridized carbons (Fsp3) is 0.174. The maximum absolute atomic E-state index is 12.7. The minimum absolute atomic E-state index is 0.270. The standard InChI is InChI=1S/C23H24N4O2/c1-16-7-8-20(13-17(16)2)26-23(25-15-18-9-11-24-12-10-18)27-22(28)19-5-4-6-21(14-19)29-3/h4-14H,15H2,1-3H3,(H2,25,26,27,28). The zero-order chi connectivity index (χ0) is 20.6. The highest BCUT2D eigenvalue weighted by molar-refractivity contribution is 6.10. The Hall–Kier alpha value is -3.67. The van der Waals surface area contributed by atoms with Crippen molar-refractivity contribution in [3.05, 3.63) is 89.2 Å². The number of amides is 1. The van der Waals surface area contributed by atoms with E-state index in [0.29, 0.717) is 23.8 Å². The Morgan fingerprint density at radius 3 is 2.55 bits per heavy atom. The van der Waals surface area contributed by atoms with Gasteiger partial charge in [0.15, 0.2) is 0 Å². The van der Waals surface area contributed by atoms with Crippen LogP contribution in [0.25, 0.3) is 0 Å². The zero-order valence-corrected chi connectivity index (χ0v) is 16.8. The van der Waals surface area contributed by atoms with Gasteiger partial charge in [0.2, 0.25) is 5.96 Å². The molecule has 6 nitrogen and oxygen atoms in total. The summed E-state index contributed by atoms with van der Waals surface area (Å²) >= 11 is 0. The van der Waals surface area contributed by atoms with Gasteiger partial charge in [0.25, 0.3) is 5.91 Å². The Morgan fingerprint density at radius 2 is 1.83 bits per heavy atom. The number of carbonyl (C=O) groups excluding carboxylic acids is 1. The van der Waals surface area contributed by atoms with Crippen molar-refractivity contribution in [1.29, 1.82) is 0 Å². The average Bonchev–Trinajstić information content (AvgIpc) is 2.75. The minimum Gasteiger partial charge on any atom is -0.497 e. The number of anilines is 1. The van der Waals surface area contributed by atoms with Crippen molar-refractivity contribution in [1.82, 2.24) is 10.3 Å². The normalized spacial score (nSPS) is 11.1. The van der Waals surface area contributed by atoms with Crippen LogP contribution in [0.4, 0.5) is 5.69 Å². The van der Waals surface area contributed by atoms with E-state index >= 15 is 0 Å². The molecule has 1 aromatic heterocycles. The first-order chi connectivity index (χ1) is 14.0. The fourth-order valence-corrected chi connectivity index (χ4v) is 2.67. The molecule has 2 aromatic carbocycles. The molecular formula is C23H24N4O2. The van der Waals surface area contributed by atoms with Crippen LogP contribution in [0.15, 0.2) is 72.0 Å². The molecule has 0 bridgehead atoms. The molecule has 3 aromatic rings. The highest BCUT2D eigenvalue weighted by atomic mass is 16.5. The van der Waals surface area contributed by atoms with Crippen LogP contribution in [-0.2, 0) is 6.54 Å². The van der Waals surface area contributed by atoms with Crippen molar-refractivity contribution in [2.24, 2.45) is 4.99 Å². The Labute approximate surface area is 170 Å². The lowest BCUT2D eigenvalue weighted by Gasteiger charge is -2.13. The summed E-state index contributed by atoms with van der Waals surface area (Å²) in [5.74, 6) is 0.724. The lowest BCUT2D eigenvalue weighted by Crippen LogP contribution is -2.36. The van der Waals surface area contributed by atoms with Crippen LogP contribution in [0.3, 0.4) is 0 Å². The number of hydrogen-bond acceptors (Lipinski definition) is 4. The molecule has 0 radical (unpaired) electrons. The number of benzene rings is 2. The number of nitrogens with one attached hydrogen (secondary N) is 2. The summed E-state index contributed by atoms with van der Waals surface area (Å²) in [6.45, 7) is 4.51. The fourth-order valence-electron chi connectivity index (χ4n) is 2.67. The zero-order valence-electron chi connectivity index (χ0n) is 16.8. The first-order valence-electron chi connectivity index (χ1n) is 9.28. The van der Waals surface area contributed by atoms with Gasteiger partial charge in [-0.1, -0.05) is 12.1 Å². The molecule has 0 spiro atoms. The molecule has 0 saturated carbocycles. The summed E-state index contributed by atoms with van der Waals surface area (Å²) in [6, 6.07) is 16.8. The number of aryl methyl sites for hydroxylation is 2. The summed E-state index contributed by atoms with van der Waals surface area (Å²) in [5, 5.41) is 6.08. The molecule has 0 aliphatic carbocycles. The van der Waals surface area contributed by atoms with Gasteiger partial charge in [-0.05, 0) is 73.0 Å². The Morgan fingerprint density at radius 1 is 1.03 bits per heavy atom. The number of aromatic nitrogens is 1. The summed E-state index contributed by atoms with van der Waals surface area (Å²) in [6.07, 6.45) is 3.44. The molecule has 0 saturated heterocycles. The van der Waals surface area contributed by atoms with Gasteiger partial charge in [-0.25, -0.2) is 4.99 Å². The van der Waals surface area contributed by atoms with Gasteiger partial charge in [-0.3, -0.25) is 15.1 Å². The number of ether oxygens (including phenoxy) is 1. The molecule has 148 valence electrons. The third-order valence-electron chi connectivity index (χ3n) is 4.50. The van der Waals surface area contributed by atoms with Gasteiger partial charge in [0, 0.05) is 23.6 Å². The SMILES string of the molecule is COc1cccc(C(=O)NC(=NCc2ccncc2)Nc2ccc(C)c(C)c2)c1. The molecule has 2 N–H and O–H groups in total. The van der Waals surface area contributed by atoms with Crippen molar-refractivity contribution >= 4 is 17.6 Å². The summed E-state index contributed by atoms with van der Waals surface area (Å²) in [4.78, 5) is 21.3. The number of rotatable bonds is 5. The van der Waals surface area contributed by atoms with Crippen LogP contribution >= 0.6 is 0 Å². The van der Waals surface area contributed by atoms with Gasteiger partial charge in [0.1, 0.15) is 5.75 Å². The second-order valence-electron chi connectivity index (χ2n) is 6.63. The van der Waals surface area contributed by atoms with Gasteiger partial charge >= 0.3 is 0 Å². The number of pyridine rings is 1. The van der Waals surface area contributed by atoms with Crippen LogP contribution in [0.5, 0.6) is 5.75 Å². The number of aliphatic imine (C=N–C) groups is 1. The van der Waals surface area contributed by atoms with E-state index in [1.54, 1.807) is 43.8 Å². The number of guanidine groups is 1. The largest absolute Gasteiger partial charge is 0.497 e. The number of methoxy groups -OCH3 is 1. The lowest BCUT2D eigenvalue weighted by atomic mass is 10.1. The van der Waals surface area contributed by atoms with Crippen molar-refractivity contribution in [3.8, 4) is 5.75 Å². The van der Waals surface area contributed by atoms with E-state index in [0.717, 1.165) is 16.8 Å². The summed E-state index contributed by atoms with van der Waals surface area (Å²) < 4.78 is 5.20. The molecule has 0 atom stereocenters. The van der Waals surface area contributed by atoms with E-state index in [1.807, 2.05) is 37.3 Å². The quantitative estimate of drug-likeness (QED) is 0.510. The first kappa shape index (κ1) is 20.1. The second-order valence-corrected chi connectivity index (χ2v) is 6.63. The summed E-state index contributed by atoms with van der Waals surface area (Å²) in [7, 11) is 1.57. The van der Waals surface area contributed by atoms with Gasteiger partial charge in [-0.2, -0.15) is 0 Å². The van der Waals surface area contributed by atoms with E-state index in [1.165, 1.54) is 5.56 Å². The predicted octanol–water partition coefficient (Wildman–Crippen LogP) is 4.11. The van der Waals surface area contributed by atoms with E-state index in [4.69, 9.17) is 4.74 Å². The highest BCUT2D eigenvalue weighted by Crippen LogP contribution is 2.15. The molecule has 0 fully saturated rings. The number of nitrogens with zero attached hydrogens (tertiary/aromatic N) is 2. The maximum atomic E-state index is 12.7. The molecule has 0 aliphatic rings. The van der Waals surface area contributed by atoms with Crippen molar-refractivity contribution in [3.63, 3.8) is 0 Å². The first-order valence-corrected chi connectivity index (χ1v) is 9.28. The average molecular weight is 388 g/mol. The molecular weight excluding hydrogens is 364 g/mol. The predicted molar refractivity (Wildman–Crippen MR) is 115 cm³/mol. The monoisotopic (exact) mass is 388 g/mol. The van der Waals surface area contributed by atoms with Crippen LogP contribution < -0.4 is 15.4 Å². The maximum Gasteiger partial charge on any atom is 0.258 e. The molecule has 1 amide bonds. The van der Waals surface area contributed by atoms with E-state index in [-0.39, 0.29) is 5.91 Å². The van der Waals surface area contributed by atoms with Crippen LogP contribution in [-0.4, -0.2) is 24.0 Å². The minimum atomic E-state index is -0.270. The number of carbonyl (C=O) groups is 1. The van der Waals surface area contributed by atoms with E-state index in [9.17, 15) is 4.79 Å². The highest BCUT2D eigenvalue weighted by Gasteiger charge is 2.11. The van der Waals surface area contributed by atoms with Crippen LogP contribution in [0.2, 0.25) is 0 Å². The van der Waals surface area contributed by atoms with E-state index in [2.05, 4.69) is 27.5 Å². The summed E-state index contributed by atoms with van der Waals surface area (Å²) in [5.41, 5.74) is 4.69. The molecule has 0 aliphatic heterocycles. The topological polar surface area (TPSA) is 75.6 Å². The van der Waals surface area contributed by atoms with Crippen LogP contribution in [0, 0.1) is 13.8 Å². The van der Waals surface area contributed by atoms with Gasteiger partial charge < -0.3 is 10.1 Å². The van der Waals surface area contributed by atoms with Crippen molar-refractivity contribution in [2.75, 3.05) is 12.4 Å².